The molecule has 1 atom stereocenters. The van der Waals surface area contributed by atoms with Gasteiger partial charge in [0.15, 0.2) is 5.03 Å². The van der Waals surface area contributed by atoms with Gasteiger partial charge in [0.25, 0.3) is 10.0 Å². The number of aromatic nitrogens is 2. The van der Waals surface area contributed by atoms with Gasteiger partial charge in [0.2, 0.25) is 0 Å². The third-order valence-corrected chi connectivity index (χ3v) is 4.92. The summed E-state index contributed by atoms with van der Waals surface area (Å²) in [5.41, 5.74) is 0. The molecule has 0 saturated carbocycles. The molecule has 0 radical (unpaired) electrons. The lowest BCUT2D eigenvalue weighted by Gasteiger charge is -2.32. The first-order chi connectivity index (χ1) is 8.71. The van der Waals surface area contributed by atoms with Crippen LogP contribution < -0.4 is 0 Å². The molecule has 1 N–H and O–H groups in total. The van der Waals surface area contributed by atoms with E-state index in [0.29, 0.717) is 5.82 Å². The highest BCUT2D eigenvalue weighted by Crippen LogP contribution is 2.34. The van der Waals surface area contributed by atoms with Gasteiger partial charge in [0.05, 0.1) is 12.1 Å². The number of alkyl halides is 3. The molecule has 1 unspecified atom stereocenters. The van der Waals surface area contributed by atoms with Crippen molar-refractivity contribution in [1.82, 2.24) is 14.3 Å². The lowest BCUT2D eigenvalue weighted by molar-refractivity contribution is -0.182. The summed E-state index contributed by atoms with van der Waals surface area (Å²) in [6.07, 6.45) is -3.06. The third-order valence-electron chi connectivity index (χ3n) is 3.14. The Morgan fingerprint density at radius 3 is 2.68 bits per heavy atom. The molecule has 108 valence electrons. The predicted molar refractivity (Wildman–Crippen MR) is 60.9 cm³/mol. The van der Waals surface area contributed by atoms with Crippen molar-refractivity contribution >= 4 is 10.0 Å². The molecule has 1 fully saturated rings. The van der Waals surface area contributed by atoms with E-state index in [1.807, 2.05) is 0 Å². The molecule has 1 saturated heterocycles. The van der Waals surface area contributed by atoms with E-state index in [0.717, 1.165) is 10.5 Å². The van der Waals surface area contributed by atoms with Gasteiger partial charge in [-0.15, -0.1) is 0 Å². The zero-order valence-electron chi connectivity index (χ0n) is 10.2. The van der Waals surface area contributed by atoms with E-state index in [1.165, 1.54) is 0 Å². The predicted octanol–water partition coefficient (Wildman–Crippen LogP) is 1.68. The monoisotopic (exact) mass is 297 g/mol. The number of nitrogens with zero attached hydrogens (tertiary/aromatic N) is 2. The van der Waals surface area contributed by atoms with Gasteiger partial charge >= 0.3 is 6.18 Å². The van der Waals surface area contributed by atoms with Crippen LogP contribution in [0.5, 0.6) is 0 Å². The molecule has 1 aliphatic rings. The quantitative estimate of drug-likeness (QED) is 0.903. The molecule has 1 aromatic heterocycles. The highest BCUT2D eigenvalue weighted by molar-refractivity contribution is 7.89. The number of imidazole rings is 1. The Balaban J connectivity index is 2.22. The molecule has 19 heavy (non-hydrogen) atoms. The van der Waals surface area contributed by atoms with Gasteiger partial charge in [0, 0.05) is 13.1 Å². The van der Waals surface area contributed by atoms with Gasteiger partial charge < -0.3 is 4.98 Å². The molecule has 0 aromatic carbocycles. The van der Waals surface area contributed by atoms with Crippen LogP contribution in [0.2, 0.25) is 0 Å². The SMILES string of the molecule is Cc1ncc(S(=O)(=O)N2CCCC(C(F)(F)F)C2)[nH]1. The molecule has 1 aromatic rings. The fourth-order valence-electron chi connectivity index (χ4n) is 2.10. The van der Waals surface area contributed by atoms with E-state index in [9.17, 15) is 21.6 Å². The number of H-pyrrole nitrogens is 1. The summed E-state index contributed by atoms with van der Waals surface area (Å²) in [5, 5.41) is -0.159. The van der Waals surface area contributed by atoms with Crippen LogP contribution >= 0.6 is 0 Å². The summed E-state index contributed by atoms with van der Waals surface area (Å²) in [7, 11) is -3.92. The van der Waals surface area contributed by atoms with Crippen LogP contribution in [-0.4, -0.2) is 42.0 Å². The maximum absolute atomic E-state index is 12.7. The van der Waals surface area contributed by atoms with E-state index >= 15 is 0 Å². The van der Waals surface area contributed by atoms with Crippen LogP contribution in [0.4, 0.5) is 13.2 Å². The van der Waals surface area contributed by atoms with Crippen LogP contribution in [0.25, 0.3) is 0 Å². The van der Waals surface area contributed by atoms with Crippen molar-refractivity contribution in [3.63, 3.8) is 0 Å². The maximum atomic E-state index is 12.7. The number of aromatic amines is 1. The highest BCUT2D eigenvalue weighted by atomic mass is 32.2. The van der Waals surface area contributed by atoms with E-state index < -0.39 is 28.7 Å². The fraction of sp³-hybridized carbons (Fsp3) is 0.700. The molecule has 5 nitrogen and oxygen atoms in total. The number of nitrogens with one attached hydrogen (secondary N) is 1. The standard InChI is InChI=1S/C10H14F3N3O2S/c1-7-14-5-9(15-7)19(17,18)16-4-2-3-8(6-16)10(11,12)13/h5,8H,2-4,6H2,1H3,(H,14,15). The molecule has 2 heterocycles. The first kappa shape index (κ1) is 14.3. The Hall–Kier alpha value is -1.09. The molecule has 0 spiro atoms. The average molecular weight is 297 g/mol. The number of piperidine rings is 1. The van der Waals surface area contributed by atoms with Gasteiger partial charge in [0.1, 0.15) is 5.82 Å². The maximum Gasteiger partial charge on any atom is 0.393 e. The molecular weight excluding hydrogens is 283 g/mol. The molecule has 9 heteroatoms. The number of halogens is 3. The van der Waals surface area contributed by atoms with Crippen LogP contribution in [0.3, 0.4) is 0 Å². The summed E-state index contributed by atoms with van der Waals surface area (Å²) in [6.45, 7) is 1.16. The van der Waals surface area contributed by atoms with Crippen LogP contribution in [-0.2, 0) is 10.0 Å². The van der Waals surface area contributed by atoms with E-state index in [-0.39, 0.29) is 24.4 Å². The fourth-order valence-corrected chi connectivity index (χ4v) is 3.58. The number of aryl methyl sites for hydroxylation is 1. The normalized spacial score (nSPS) is 22.6. The van der Waals surface area contributed by atoms with Crippen LogP contribution in [0.1, 0.15) is 18.7 Å². The van der Waals surface area contributed by atoms with Crippen molar-refractivity contribution < 1.29 is 21.6 Å². The second-order valence-electron chi connectivity index (χ2n) is 4.58. The molecule has 2 rings (SSSR count). The van der Waals surface area contributed by atoms with Crippen molar-refractivity contribution in [3.05, 3.63) is 12.0 Å². The lowest BCUT2D eigenvalue weighted by atomic mass is 9.99. The first-order valence-corrected chi connectivity index (χ1v) is 7.24. The second kappa shape index (κ2) is 4.78. The lowest BCUT2D eigenvalue weighted by Crippen LogP contribution is -2.44. The smallest absolute Gasteiger partial charge is 0.332 e. The summed E-state index contributed by atoms with van der Waals surface area (Å²) >= 11 is 0. The zero-order chi connectivity index (χ0) is 14.3. The number of rotatable bonds is 2. The van der Waals surface area contributed by atoms with Gasteiger partial charge in [-0.3, -0.25) is 0 Å². The minimum Gasteiger partial charge on any atom is -0.332 e. The van der Waals surface area contributed by atoms with Crippen LogP contribution in [0.15, 0.2) is 11.2 Å². The summed E-state index contributed by atoms with van der Waals surface area (Å²) in [5.74, 6) is -1.19. The number of sulfonamides is 1. The summed E-state index contributed by atoms with van der Waals surface area (Å²) in [4.78, 5) is 6.31. The van der Waals surface area contributed by atoms with Gasteiger partial charge in [-0.05, 0) is 19.8 Å². The average Bonchev–Trinajstić information content (AvgIpc) is 2.76. The molecular formula is C10H14F3N3O2S. The third kappa shape index (κ3) is 2.92. The Morgan fingerprint density at radius 2 is 2.16 bits per heavy atom. The van der Waals surface area contributed by atoms with Gasteiger partial charge in [-0.1, -0.05) is 0 Å². The Kier molecular flexibility index (Phi) is 3.61. The number of hydrogen-bond acceptors (Lipinski definition) is 3. The topological polar surface area (TPSA) is 66.1 Å². The number of hydrogen-bond donors (Lipinski definition) is 1. The minimum atomic E-state index is -4.36. The molecule has 0 bridgehead atoms. The molecule has 0 aliphatic carbocycles. The minimum absolute atomic E-state index is 0.0302. The Labute approximate surface area is 108 Å². The van der Waals surface area contributed by atoms with Crippen molar-refractivity contribution in [2.75, 3.05) is 13.1 Å². The second-order valence-corrected chi connectivity index (χ2v) is 6.48. The van der Waals surface area contributed by atoms with Crippen molar-refractivity contribution in [2.45, 2.75) is 31.0 Å². The largest absolute Gasteiger partial charge is 0.393 e. The Morgan fingerprint density at radius 1 is 1.47 bits per heavy atom. The van der Waals surface area contributed by atoms with Gasteiger partial charge in [-0.25, -0.2) is 13.4 Å². The zero-order valence-corrected chi connectivity index (χ0v) is 11.1. The Bertz CT molecular complexity index is 553. The summed E-state index contributed by atoms with van der Waals surface area (Å²) in [6, 6.07) is 0. The first-order valence-electron chi connectivity index (χ1n) is 5.80. The van der Waals surface area contributed by atoms with Crippen LogP contribution in [0, 0.1) is 12.8 Å². The van der Waals surface area contributed by atoms with Gasteiger partial charge in [-0.2, -0.15) is 17.5 Å². The van der Waals surface area contributed by atoms with E-state index in [2.05, 4.69) is 9.97 Å². The van der Waals surface area contributed by atoms with Crippen molar-refractivity contribution in [1.29, 1.82) is 0 Å². The van der Waals surface area contributed by atoms with Crippen molar-refractivity contribution in [2.24, 2.45) is 5.92 Å². The molecule has 0 amide bonds. The summed E-state index contributed by atoms with van der Waals surface area (Å²) < 4.78 is 63.2. The van der Waals surface area contributed by atoms with E-state index in [4.69, 9.17) is 0 Å². The van der Waals surface area contributed by atoms with Crippen molar-refractivity contribution in [3.8, 4) is 0 Å². The highest BCUT2D eigenvalue weighted by Gasteiger charge is 2.44. The molecule has 1 aliphatic heterocycles. The van der Waals surface area contributed by atoms with E-state index in [1.54, 1.807) is 6.92 Å².